The van der Waals surface area contributed by atoms with E-state index in [9.17, 15) is 0 Å². The Morgan fingerprint density at radius 3 is 2.75 bits per heavy atom. The number of ether oxygens (including phenoxy) is 1. The first-order valence-electron chi connectivity index (χ1n) is 3.98. The van der Waals surface area contributed by atoms with Crippen molar-refractivity contribution in [2.75, 3.05) is 12.4 Å². The maximum Gasteiger partial charge on any atom is 0.122 e. The third-order valence-electron chi connectivity index (χ3n) is 1.93. The number of benzene rings is 1. The molecule has 1 nitrogen and oxygen atoms in total. The Morgan fingerprint density at radius 2 is 2.17 bits per heavy atom. The molecule has 0 aliphatic heterocycles. The first-order valence-corrected chi connectivity index (χ1v) is 5.10. The fourth-order valence-corrected chi connectivity index (χ4v) is 1.68. The predicted molar refractivity (Wildman–Crippen MR) is 55.2 cm³/mol. The van der Waals surface area contributed by atoms with Gasteiger partial charge in [-0.15, -0.1) is 0 Å². The van der Waals surface area contributed by atoms with Crippen LogP contribution >= 0.6 is 15.9 Å². The molecule has 0 atom stereocenters. The highest BCUT2D eigenvalue weighted by atomic mass is 79.9. The molecule has 0 N–H and O–H groups in total. The third-order valence-corrected chi connectivity index (χ3v) is 2.33. The second-order valence-electron chi connectivity index (χ2n) is 2.69. The Kier molecular flexibility index (Phi) is 3.60. The van der Waals surface area contributed by atoms with E-state index < -0.39 is 0 Å². The Morgan fingerprint density at radius 1 is 1.42 bits per heavy atom. The van der Waals surface area contributed by atoms with Crippen LogP contribution in [0.1, 0.15) is 11.1 Å². The van der Waals surface area contributed by atoms with E-state index in [0.29, 0.717) is 0 Å². The van der Waals surface area contributed by atoms with E-state index >= 15 is 0 Å². The van der Waals surface area contributed by atoms with Crippen molar-refractivity contribution >= 4 is 15.9 Å². The average Bonchev–Trinajstić information content (AvgIpc) is 2.09. The second-order valence-corrected chi connectivity index (χ2v) is 3.49. The highest BCUT2D eigenvalue weighted by Crippen LogP contribution is 2.22. The van der Waals surface area contributed by atoms with Crippen LogP contribution in [0.5, 0.6) is 5.75 Å². The van der Waals surface area contributed by atoms with E-state index in [1.165, 1.54) is 11.1 Å². The van der Waals surface area contributed by atoms with Crippen LogP contribution in [0.3, 0.4) is 0 Å². The van der Waals surface area contributed by atoms with Gasteiger partial charge in [0, 0.05) is 5.33 Å². The van der Waals surface area contributed by atoms with E-state index in [1.54, 1.807) is 7.11 Å². The van der Waals surface area contributed by atoms with E-state index in [0.717, 1.165) is 17.5 Å². The van der Waals surface area contributed by atoms with Crippen LogP contribution in [0.15, 0.2) is 18.2 Å². The summed E-state index contributed by atoms with van der Waals surface area (Å²) < 4.78 is 5.26. The van der Waals surface area contributed by atoms with Gasteiger partial charge < -0.3 is 4.74 Å². The number of halogens is 1. The molecule has 0 aliphatic carbocycles. The Labute approximate surface area is 81.9 Å². The van der Waals surface area contributed by atoms with Crippen LogP contribution in [0.25, 0.3) is 0 Å². The van der Waals surface area contributed by atoms with Gasteiger partial charge in [0.25, 0.3) is 0 Å². The summed E-state index contributed by atoms with van der Waals surface area (Å²) in [6, 6.07) is 6.14. The van der Waals surface area contributed by atoms with Gasteiger partial charge in [-0.2, -0.15) is 0 Å². The zero-order valence-electron chi connectivity index (χ0n) is 7.43. The van der Waals surface area contributed by atoms with Crippen LogP contribution in [0, 0.1) is 6.92 Å². The molecule has 0 saturated heterocycles. The fraction of sp³-hybridized carbons (Fsp3) is 0.400. The zero-order chi connectivity index (χ0) is 8.97. The number of alkyl halides is 1. The Bertz CT molecular complexity index is 258. The third kappa shape index (κ3) is 2.01. The molecular formula is C10H13BrO. The molecule has 0 heterocycles. The minimum atomic E-state index is 0.980. The summed E-state index contributed by atoms with van der Waals surface area (Å²) in [5.41, 5.74) is 2.60. The summed E-state index contributed by atoms with van der Waals surface area (Å²) in [5, 5.41) is 0.980. The van der Waals surface area contributed by atoms with Gasteiger partial charge in [-0.05, 0) is 30.5 Å². The standard InChI is InChI=1S/C10H13BrO/c1-8-4-3-5-10(12-2)9(8)6-7-11/h3-5H,6-7H2,1-2H3. The van der Waals surface area contributed by atoms with Crippen molar-refractivity contribution in [2.24, 2.45) is 0 Å². The molecule has 0 spiro atoms. The van der Waals surface area contributed by atoms with Gasteiger partial charge in [-0.25, -0.2) is 0 Å². The second kappa shape index (κ2) is 4.51. The monoisotopic (exact) mass is 228 g/mol. The lowest BCUT2D eigenvalue weighted by molar-refractivity contribution is 0.410. The number of aryl methyl sites for hydroxylation is 1. The van der Waals surface area contributed by atoms with Crippen molar-refractivity contribution < 1.29 is 4.74 Å². The van der Waals surface area contributed by atoms with E-state index in [-0.39, 0.29) is 0 Å². The Hall–Kier alpha value is -0.500. The summed E-state index contributed by atoms with van der Waals surface area (Å²) in [5.74, 6) is 0.995. The lowest BCUT2D eigenvalue weighted by atomic mass is 10.1. The summed E-state index contributed by atoms with van der Waals surface area (Å²) in [6.07, 6.45) is 1.02. The molecule has 2 heteroatoms. The quantitative estimate of drug-likeness (QED) is 0.724. The zero-order valence-corrected chi connectivity index (χ0v) is 9.02. The highest BCUT2D eigenvalue weighted by molar-refractivity contribution is 9.09. The average molecular weight is 229 g/mol. The lowest BCUT2D eigenvalue weighted by Gasteiger charge is -2.09. The normalized spacial score (nSPS) is 9.92. The molecule has 12 heavy (non-hydrogen) atoms. The van der Waals surface area contributed by atoms with Crippen molar-refractivity contribution in [2.45, 2.75) is 13.3 Å². The summed E-state index contributed by atoms with van der Waals surface area (Å²) in [4.78, 5) is 0. The van der Waals surface area contributed by atoms with E-state index in [1.807, 2.05) is 12.1 Å². The van der Waals surface area contributed by atoms with Crippen LogP contribution < -0.4 is 4.74 Å². The molecular weight excluding hydrogens is 216 g/mol. The van der Waals surface area contributed by atoms with Crippen molar-refractivity contribution in [3.05, 3.63) is 29.3 Å². The first-order chi connectivity index (χ1) is 5.79. The summed E-state index contributed by atoms with van der Waals surface area (Å²) >= 11 is 3.43. The van der Waals surface area contributed by atoms with Gasteiger partial charge in [-0.1, -0.05) is 28.1 Å². The van der Waals surface area contributed by atoms with Crippen molar-refractivity contribution in [3.8, 4) is 5.75 Å². The smallest absolute Gasteiger partial charge is 0.122 e. The molecule has 0 unspecified atom stereocenters. The molecule has 0 radical (unpaired) electrons. The van der Waals surface area contributed by atoms with Crippen molar-refractivity contribution in [1.82, 2.24) is 0 Å². The number of rotatable bonds is 3. The molecule has 1 rings (SSSR count). The fourth-order valence-electron chi connectivity index (χ4n) is 1.28. The minimum absolute atomic E-state index is 0.980. The van der Waals surface area contributed by atoms with Gasteiger partial charge in [0.2, 0.25) is 0 Å². The maximum atomic E-state index is 5.26. The van der Waals surface area contributed by atoms with Gasteiger partial charge >= 0.3 is 0 Å². The lowest BCUT2D eigenvalue weighted by Crippen LogP contribution is -1.95. The van der Waals surface area contributed by atoms with Crippen LogP contribution in [0.4, 0.5) is 0 Å². The highest BCUT2D eigenvalue weighted by Gasteiger charge is 2.03. The molecule has 0 aromatic heterocycles. The maximum absolute atomic E-state index is 5.26. The molecule has 1 aromatic carbocycles. The predicted octanol–water partition coefficient (Wildman–Crippen LogP) is 2.94. The molecule has 0 saturated carbocycles. The van der Waals surface area contributed by atoms with Gasteiger partial charge in [0.05, 0.1) is 7.11 Å². The number of hydrogen-bond donors (Lipinski definition) is 0. The van der Waals surface area contributed by atoms with Crippen molar-refractivity contribution in [3.63, 3.8) is 0 Å². The minimum Gasteiger partial charge on any atom is -0.496 e. The topological polar surface area (TPSA) is 9.23 Å². The van der Waals surface area contributed by atoms with Crippen LogP contribution in [0.2, 0.25) is 0 Å². The van der Waals surface area contributed by atoms with E-state index in [4.69, 9.17) is 4.74 Å². The molecule has 1 aromatic rings. The summed E-state index contributed by atoms with van der Waals surface area (Å²) in [7, 11) is 1.71. The van der Waals surface area contributed by atoms with Crippen LogP contribution in [-0.2, 0) is 6.42 Å². The molecule has 0 fully saturated rings. The van der Waals surface area contributed by atoms with Gasteiger partial charge in [-0.3, -0.25) is 0 Å². The van der Waals surface area contributed by atoms with E-state index in [2.05, 4.69) is 28.9 Å². The molecule has 0 aliphatic rings. The van der Waals surface area contributed by atoms with Gasteiger partial charge in [0.1, 0.15) is 5.75 Å². The van der Waals surface area contributed by atoms with Crippen LogP contribution in [-0.4, -0.2) is 12.4 Å². The van der Waals surface area contributed by atoms with Gasteiger partial charge in [0.15, 0.2) is 0 Å². The van der Waals surface area contributed by atoms with Crippen molar-refractivity contribution in [1.29, 1.82) is 0 Å². The Balaban J connectivity index is 3.02. The molecule has 0 bridgehead atoms. The number of hydrogen-bond acceptors (Lipinski definition) is 1. The molecule has 0 amide bonds. The number of methoxy groups -OCH3 is 1. The SMILES string of the molecule is COc1cccc(C)c1CCBr. The first kappa shape index (κ1) is 9.59. The largest absolute Gasteiger partial charge is 0.496 e. The molecule has 66 valence electrons. The summed E-state index contributed by atoms with van der Waals surface area (Å²) in [6.45, 7) is 2.11.